The Morgan fingerprint density at radius 1 is 0.619 bits per heavy atom. The van der Waals surface area contributed by atoms with Crippen molar-refractivity contribution in [3.8, 4) is 0 Å². The standard InChI is InChI=1S/C59H94O25/c1-11-24(2)49(75)79-34-20-54(4,5)18-27-26-12-13-31-56(8)16-15-33(55(6,7)30(56)14-17-57(31,9)58(26,10)19-32(63)59(27,34)23-62)80-53-47(84-51-42(71)39(68)36(65)28(21-60)77-51)44(43(72)45(82-53)48(73)74)81-52-46(40(69)37(66)29(22-61)78-52)83-50-41(70)38(67)35(64)25(3)76-50/h11-12,25,27-47,50-53,60-72H,13-23H2,1-10H3,(H,73,74)/t25-,27-,28+,29+,30-,31+,32+,33-,34-,35-,36+,37-,38+,39-,40-,41+,42+,43-,44-,45-,46+,47+,50-,51-,52-,53+,56-,57+,58+,59-/m0/s1. The molecular weight excluding hydrogens is 1110 g/mol. The molecule has 0 aromatic rings. The van der Waals surface area contributed by atoms with Crippen molar-refractivity contribution in [1.29, 1.82) is 0 Å². The van der Waals surface area contributed by atoms with Crippen LogP contribution in [0.5, 0.6) is 0 Å². The number of allylic oxidation sites excluding steroid dienone is 3. The van der Waals surface area contributed by atoms with Crippen molar-refractivity contribution in [2.24, 2.45) is 50.2 Å². The second kappa shape index (κ2) is 24.1. The summed E-state index contributed by atoms with van der Waals surface area (Å²) in [6, 6.07) is 0. The summed E-state index contributed by atoms with van der Waals surface area (Å²) >= 11 is 0. The van der Waals surface area contributed by atoms with Gasteiger partial charge in [0.05, 0.1) is 43.5 Å². The van der Waals surface area contributed by atoms with Gasteiger partial charge in [-0.05, 0) is 117 Å². The Kier molecular flexibility index (Phi) is 18.9. The van der Waals surface area contributed by atoms with Crippen LogP contribution in [-0.2, 0) is 52.2 Å². The highest BCUT2D eigenvalue weighted by molar-refractivity contribution is 5.87. The molecule has 9 aliphatic rings. The molecule has 4 aliphatic heterocycles. The third-order valence-electron chi connectivity index (χ3n) is 22.5. The number of aliphatic carboxylic acids is 1. The van der Waals surface area contributed by atoms with E-state index < -0.39 is 188 Å². The number of carbonyl (C=O) groups excluding carboxylic acids is 1. The molecule has 0 aromatic carbocycles. The minimum atomic E-state index is -2.26. The first-order valence-electron chi connectivity index (χ1n) is 29.9. The molecule has 0 aromatic heterocycles. The number of hydrogen-bond acceptors (Lipinski definition) is 24. The second-order valence-corrected chi connectivity index (χ2v) is 27.9. The predicted molar refractivity (Wildman–Crippen MR) is 288 cm³/mol. The number of carboxylic acid groups (broad SMARTS) is 1. The normalized spacial score (nSPS) is 51.9. The fourth-order valence-corrected chi connectivity index (χ4v) is 17.3. The molecule has 0 unspecified atom stereocenters. The van der Waals surface area contributed by atoms with E-state index in [1.807, 2.05) is 13.8 Å². The van der Waals surface area contributed by atoms with E-state index in [4.69, 9.17) is 42.6 Å². The minimum Gasteiger partial charge on any atom is -0.479 e. The van der Waals surface area contributed by atoms with E-state index in [0.29, 0.717) is 56.9 Å². The third kappa shape index (κ3) is 10.8. The van der Waals surface area contributed by atoms with Crippen LogP contribution in [0.25, 0.3) is 0 Å². The Morgan fingerprint density at radius 3 is 1.80 bits per heavy atom. The van der Waals surface area contributed by atoms with E-state index in [1.165, 1.54) is 12.5 Å². The average molecular weight is 1200 g/mol. The van der Waals surface area contributed by atoms with Crippen LogP contribution < -0.4 is 0 Å². The molecule has 9 rings (SSSR count). The van der Waals surface area contributed by atoms with Gasteiger partial charge in [-0.1, -0.05) is 66.2 Å². The van der Waals surface area contributed by atoms with Crippen LogP contribution in [-0.4, -0.2) is 244 Å². The zero-order valence-electron chi connectivity index (χ0n) is 49.7. The van der Waals surface area contributed by atoms with Gasteiger partial charge in [0.25, 0.3) is 0 Å². The summed E-state index contributed by atoms with van der Waals surface area (Å²) in [7, 11) is 0. The topological polar surface area (TPSA) is 400 Å². The van der Waals surface area contributed by atoms with E-state index in [9.17, 15) is 81.1 Å². The van der Waals surface area contributed by atoms with Gasteiger partial charge in [-0.25, -0.2) is 9.59 Å². The quantitative estimate of drug-likeness (QED) is 0.0430. The van der Waals surface area contributed by atoms with Crippen molar-refractivity contribution in [1.82, 2.24) is 0 Å². The van der Waals surface area contributed by atoms with Gasteiger partial charge >= 0.3 is 11.9 Å². The summed E-state index contributed by atoms with van der Waals surface area (Å²) in [4.78, 5) is 26.7. The molecule has 5 aliphatic carbocycles. The van der Waals surface area contributed by atoms with Gasteiger partial charge in [-0.3, -0.25) is 0 Å². The van der Waals surface area contributed by atoms with Gasteiger partial charge in [-0.15, -0.1) is 0 Å². The molecule has 25 nitrogen and oxygen atoms in total. The smallest absolute Gasteiger partial charge is 0.335 e. The molecule has 14 N–H and O–H groups in total. The van der Waals surface area contributed by atoms with Crippen LogP contribution in [0.15, 0.2) is 23.3 Å². The maximum Gasteiger partial charge on any atom is 0.335 e. The molecule has 0 bridgehead atoms. The highest BCUT2D eigenvalue weighted by atomic mass is 16.8. The zero-order chi connectivity index (χ0) is 61.9. The maximum atomic E-state index is 13.4. The number of hydrogen-bond donors (Lipinski definition) is 14. The van der Waals surface area contributed by atoms with E-state index in [-0.39, 0.29) is 35.2 Å². The van der Waals surface area contributed by atoms with Gasteiger partial charge in [0.15, 0.2) is 31.3 Å². The highest BCUT2D eigenvalue weighted by Gasteiger charge is 2.72. The van der Waals surface area contributed by atoms with Crippen LogP contribution in [0.2, 0.25) is 0 Å². The van der Waals surface area contributed by atoms with Crippen molar-refractivity contribution in [3.05, 3.63) is 23.3 Å². The van der Waals surface area contributed by atoms with Crippen LogP contribution in [0, 0.1) is 50.2 Å². The lowest BCUT2D eigenvalue weighted by molar-refractivity contribution is -0.406. The molecule has 4 saturated carbocycles. The van der Waals surface area contributed by atoms with Crippen molar-refractivity contribution < 1.29 is 124 Å². The van der Waals surface area contributed by atoms with Gasteiger partial charge in [0, 0.05) is 5.57 Å². The summed E-state index contributed by atoms with van der Waals surface area (Å²) in [5.74, 6) is -2.53. The maximum absolute atomic E-state index is 13.4. The predicted octanol–water partition coefficient (Wildman–Crippen LogP) is -0.983. The lowest BCUT2D eigenvalue weighted by atomic mass is 9.33. The molecule has 4 heterocycles. The molecule has 0 amide bonds. The average Bonchev–Trinajstić information content (AvgIpc) is 0.685. The Labute approximate surface area is 489 Å². The summed E-state index contributed by atoms with van der Waals surface area (Å²) in [6.45, 7) is 17.8. The number of esters is 1. The van der Waals surface area contributed by atoms with Crippen LogP contribution in [0.4, 0.5) is 0 Å². The lowest BCUT2D eigenvalue weighted by Gasteiger charge is -2.72. The fourth-order valence-electron chi connectivity index (χ4n) is 17.3. The van der Waals surface area contributed by atoms with Gasteiger partial charge < -0.3 is 114 Å². The van der Waals surface area contributed by atoms with Gasteiger partial charge in [0.1, 0.15) is 91.6 Å². The first kappa shape index (κ1) is 66.0. The summed E-state index contributed by atoms with van der Waals surface area (Å²) in [5, 5.41) is 155. The lowest BCUT2D eigenvalue weighted by Crippen LogP contribution is -2.70. The van der Waals surface area contributed by atoms with E-state index in [2.05, 4.69) is 40.7 Å². The molecule has 84 heavy (non-hydrogen) atoms. The number of rotatable bonds is 14. The number of ether oxygens (including phenoxy) is 9. The number of carboxylic acids is 1. The summed E-state index contributed by atoms with van der Waals surface area (Å²) in [6.07, 6.45) is -31.8. The SMILES string of the molecule is CC=C(C)C(=O)O[C@H]1CC(C)(C)C[C@H]2C3=CC[C@@H]4[C@@]5(C)CC[C@H](O[C@@H]6O[C@H](C(=O)O)[C@@H](O)[C@H](O[C@@H]7O[C@H](CO)[C@H](O)[C@H](O)[C@H]7O[C@@H]7O[C@@H](C)[C@H](O)[C@@H](O)[C@H]7O)[C@H]6O[C@@H]6O[C@H](CO)[C@@H](O)[C@H](O)[C@H]6O)C(C)(C)[C@@H]5CC[C@@]4(C)[C@]3(C)C[C@@H](O)[C@@]12CO. The summed E-state index contributed by atoms with van der Waals surface area (Å²) in [5.41, 5.74) is -1.94. The van der Waals surface area contributed by atoms with Crippen molar-refractivity contribution in [2.75, 3.05) is 19.8 Å². The zero-order valence-corrected chi connectivity index (χ0v) is 49.7. The third-order valence-corrected chi connectivity index (χ3v) is 22.5. The number of fused-ring (bicyclic) bond motifs is 7. The van der Waals surface area contributed by atoms with E-state index in [0.717, 1.165) is 0 Å². The summed E-state index contributed by atoms with van der Waals surface area (Å²) < 4.78 is 55.4. The van der Waals surface area contributed by atoms with Crippen LogP contribution in [0.3, 0.4) is 0 Å². The van der Waals surface area contributed by atoms with Crippen molar-refractivity contribution in [3.63, 3.8) is 0 Å². The first-order chi connectivity index (χ1) is 39.2. The fraction of sp³-hybridized carbons (Fsp3) is 0.898. The molecular formula is C59H94O25. The first-order valence-corrected chi connectivity index (χ1v) is 29.9. The Balaban J connectivity index is 1.04. The monoisotopic (exact) mass is 1200 g/mol. The molecule has 0 spiro atoms. The highest BCUT2D eigenvalue weighted by Crippen LogP contribution is 2.76. The largest absolute Gasteiger partial charge is 0.479 e. The Bertz CT molecular complexity index is 2420. The van der Waals surface area contributed by atoms with Gasteiger partial charge in [-0.2, -0.15) is 0 Å². The van der Waals surface area contributed by atoms with Crippen molar-refractivity contribution in [2.45, 2.75) is 262 Å². The molecule has 0 radical (unpaired) electrons. The van der Waals surface area contributed by atoms with E-state index in [1.54, 1.807) is 19.9 Å². The van der Waals surface area contributed by atoms with Crippen LogP contribution >= 0.6 is 0 Å². The van der Waals surface area contributed by atoms with Gasteiger partial charge in [0.2, 0.25) is 0 Å². The van der Waals surface area contributed by atoms with Crippen molar-refractivity contribution >= 4 is 11.9 Å². The number of carbonyl (C=O) groups is 2. The molecule has 8 fully saturated rings. The molecule has 480 valence electrons. The Morgan fingerprint density at radius 2 is 1.19 bits per heavy atom. The minimum absolute atomic E-state index is 0.0468. The second-order valence-electron chi connectivity index (χ2n) is 27.9. The molecule has 25 heteroatoms. The Hall–Kier alpha value is -2.42. The number of aliphatic hydroxyl groups is 13. The molecule has 30 atom stereocenters. The number of aliphatic hydroxyl groups excluding tert-OH is 13. The van der Waals surface area contributed by atoms with E-state index >= 15 is 0 Å². The molecule has 4 saturated heterocycles. The van der Waals surface area contributed by atoms with Crippen LogP contribution in [0.1, 0.15) is 121 Å².